The number of nitrogens with zero attached hydrogens (tertiary/aromatic N) is 8. The molecule has 66 heavy (non-hydrogen) atoms. The summed E-state index contributed by atoms with van der Waals surface area (Å²) in [4.78, 5) is 52.7. The number of aromatic nitrogens is 5. The largest absolute Gasteiger partial charge is 0.379 e. The van der Waals surface area contributed by atoms with E-state index in [1.165, 1.54) is 22.3 Å². The average molecular weight is 908 g/mol. The molecule has 2 aliphatic rings. The Balaban J connectivity index is 0.842. The monoisotopic (exact) mass is 908 g/mol. The molecule has 6 rings (SSSR count). The molecule has 0 spiro atoms. The number of rotatable bonds is 25. The summed E-state index contributed by atoms with van der Waals surface area (Å²) in [6, 6.07) is 8.71. The SMILES string of the molecule is CCCN(CCC)c1ncc(C(=O)NCCOCCOCCOCCOCCC(=O)N2CCc3cc(Cn4[nH]c(=c5cnc6c(c5)C=CN=6)/c(=C(/C)C(C)C)c4=NC)ccc3C2)c(NC)n1. The van der Waals surface area contributed by atoms with Crippen LogP contribution in [0.25, 0.3) is 11.6 Å². The number of ether oxygens (including phenoxy) is 4. The number of carbonyl (C=O) groups excluding carboxylic acids is 2. The van der Waals surface area contributed by atoms with Gasteiger partial charge >= 0.3 is 0 Å². The predicted molar refractivity (Wildman–Crippen MR) is 255 cm³/mol. The maximum absolute atomic E-state index is 13.1. The number of amides is 2. The van der Waals surface area contributed by atoms with Crippen LogP contribution in [0, 0.1) is 16.5 Å². The zero-order valence-corrected chi connectivity index (χ0v) is 40.0. The van der Waals surface area contributed by atoms with E-state index >= 15 is 0 Å². The van der Waals surface area contributed by atoms with E-state index in [-0.39, 0.29) is 11.8 Å². The van der Waals surface area contributed by atoms with Gasteiger partial charge < -0.3 is 39.4 Å². The minimum atomic E-state index is -0.259. The molecular formula is C49H69N11O6. The summed E-state index contributed by atoms with van der Waals surface area (Å²) in [6.45, 7) is 18.0. The highest BCUT2D eigenvalue weighted by Gasteiger charge is 2.21. The third kappa shape index (κ3) is 13.2. The molecule has 356 valence electrons. The summed E-state index contributed by atoms with van der Waals surface area (Å²) >= 11 is 0. The van der Waals surface area contributed by atoms with E-state index in [2.05, 4.69) is 104 Å². The third-order valence-corrected chi connectivity index (χ3v) is 11.7. The molecule has 2 amide bonds. The standard InChI is InChI=1S/C49H69N11O6/c1-8-17-58(18-9-2)49-55-31-41(46(50-6)56-49)48(62)53-16-21-64-23-25-66-27-26-65-24-22-63-20-14-42(61)59-19-13-37-28-36(10-11-39(37)33-59)32-60-47(51-7)43(35(5)34(3)4)44(57-60)40-29-38-12-15-52-45(38)54-30-40/h10-12,15,28-31,34,57H,8-9,13-14,16-27,32-33H2,1-7H3,(H,53,62)(H,50,55,56)/b43-35+,44-40?,51-47?. The summed E-state index contributed by atoms with van der Waals surface area (Å²) < 4.78 is 24.7. The first-order valence-electron chi connectivity index (χ1n) is 23.4. The normalized spacial score (nSPS) is 14.3. The van der Waals surface area contributed by atoms with Gasteiger partial charge in [-0.2, -0.15) is 4.98 Å². The molecule has 0 saturated carbocycles. The van der Waals surface area contributed by atoms with Gasteiger partial charge in [0.1, 0.15) is 11.4 Å². The van der Waals surface area contributed by atoms with Crippen molar-refractivity contribution in [3.63, 3.8) is 0 Å². The number of benzene rings is 1. The number of carbonyl (C=O) groups is 2. The van der Waals surface area contributed by atoms with E-state index in [4.69, 9.17) is 23.9 Å². The molecule has 0 radical (unpaired) electrons. The lowest BCUT2D eigenvalue weighted by atomic mass is 9.97. The lowest BCUT2D eigenvalue weighted by Gasteiger charge is -2.29. The van der Waals surface area contributed by atoms with Crippen LogP contribution in [0.4, 0.5) is 11.8 Å². The second kappa shape index (κ2) is 25.2. The van der Waals surface area contributed by atoms with Crippen LogP contribution in [0.2, 0.25) is 0 Å². The Morgan fingerprint density at radius 3 is 2.32 bits per heavy atom. The molecule has 5 heterocycles. The van der Waals surface area contributed by atoms with Crippen molar-refractivity contribution in [3.8, 4) is 0 Å². The van der Waals surface area contributed by atoms with Gasteiger partial charge in [0.25, 0.3) is 5.91 Å². The number of H-pyrrole nitrogens is 1. The molecule has 0 bridgehead atoms. The van der Waals surface area contributed by atoms with Crippen molar-refractivity contribution in [2.75, 3.05) is 103 Å². The molecule has 3 aromatic heterocycles. The van der Waals surface area contributed by atoms with E-state index in [0.29, 0.717) is 109 Å². The molecule has 1 aromatic carbocycles. The molecule has 3 N–H and O–H groups in total. The number of pyridine rings is 1. The minimum absolute atomic E-state index is 0.0887. The summed E-state index contributed by atoms with van der Waals surface area (Å²) in [5, 5.41) is 12.7. The van der Waals surface area contributed by atoms with E-state index in [9.17, 15) is 9.59 Å². The van der Waals surface area contributed by atoms with Gasteiger partial charge in [0, 0.05) is 81.4 Å². The van der Waals surface area contributed by atoms with E-state index in [1.807, 2.05) is 24.2 Å². The summed E-state index contributed by atoms with van der Waals surface area (Å²) in [7, 11) is 3.59. The second-order valence-corrected chi connectivity index (χ2v) is 16.7. The van der Waals surface area contributed by atoms with Crippen molar-refractivity contribution in [3.05, 3.63) is 97.4 Å². The summed E-state index contributed by atoms with van der Waals surface area (Å²) in [6.07, 6.45) is 10.3. The van der Waals surface area contributed by atoms with Crippen LogP contribution < -0.4 is 31.7 Å². The van der Waals surface area contributed by atoms with E-state index in [1.54, 1.807) is 19.4 Å². The highest BCUT2D eigenvalue weighted by molar-refractivity contribution is 5.98. The second-order valence-electron chi connectivity index (χ2n) is 16.7. The van der Waals surface area contributed by atoms with Gasteiger partial charge in [0.05, 0.1) is 71.2 Å². The molecule has 0 fully saturated rings. The van der Waals surface area contributed by atoms with Crippen LogP contribution >= 0.6 is 0 Å². The Bertz CT molecular complexity index is 2580. The van der Waals surface area contributed by atoms with E-state index in [0.717, 1.165) is 64.7 Å². The molecule has 17 nitrogen and oxygen atoms in total. The van der Waals surface area contributed by atoms with Crippen molar-refractivity contribution in [2.24, 2.45) is 15.9 Å². The highest BCUT2D eigenvalue weighted by atomic mass is 16.6. The molecule has 4 aromatic rings. The number of hydrogen-bond donors (Lipinski definition) is 3. The first kappa shape index (κ1) is 49.7. The molecule has 0 unspecified atom stereocenters. The van der Waals surface area contributed by atoms with Gasteiger partial charge in [-0.1, -0.05) is 51.5 Å². The Morgan fingerprint density at radius 2 is 1.64 bits per heavy atom. The number of hydrogen-bond acceptors (Lipinski definition) is 13. The van der Waals surface area contributed by atoms with Crippen LogP contribution in [0.15, 0.2) is 52.8 Å². The fraction of sp³-hybridized carbons (Fsp3) is 0.531. The fourth-order valence-corrected chi connectivity index (χ4v) is 7.98. The van der Waals surface area contributed by atoms with Crippen LogP contribution in [0.5, 0.6) is 0 Å². The van der Waals surface area contributed by atoms with Gasteiger partial charge in [0.15, 0.2) is 11.0 Å². The van der Waals surface area contributed by atoms with E-state index < -0.39 is 0 Å². The fourth-order valence-electron chi connectivity index (χ4n) is 7.98. The van der Waals surface area contributed by atoms with Crippen molar-refractivity contribution in [1.82, 2.24) is 34.9 Å². The highest BCUT2D eigenvalue weighted by Crippen LogP contribution is 2.22. The first-order chi connectivity index (χ1) is 32.1. The van der Waals surface area contributed by atoms with Crippen molar-refractivity contribution < 1.29 is 28.5 Å². The van der Waals surface area contributed by atoms with Gasteiger partial charge in [-0.15, -0.1) is 0 Å². The number of fused-ring (bicyclic) bond motifs is 2. The maximum atomic E-state index is 13.1. The Labute approximate surface area is 387 Å². The Kier molecular flexibility index (Phi) is 19.0. The van der Waals surface area contributed by atoms with Crippen LogP contribution in [-0.2, 0) is 43.3 Å². The first-order valence-corrected chi connectivity index (χ1v) is 23.4. The van der Waals surface area contributed by atoms with Crippen molar-refractivity contribution in [1.29, 1.82) is 0 Å². The smallest absolute Gasteiger partial charge is 0.256 e. The third-order valence-electron chi connectivity index (χ3n) is 11.7. The molecular weight excluding hydrogens is 839 g/mol. The zero-order chi connectivity index (χ0) is 46.8. The van der Waals surface area contributed by atoms with Gasteiger partial charge in [0.2, 0.25) is 11.9 Å². The summed E-state index contributed by atoms with van der Waals surface area (Å²) in [5.41, 5.74) is 7.92. The van der Waals surface area contributed by atoms with Gasteiger partial charge in [-0.3, -0.25) is 24.4 Å². The number of aromatic amines is 1. The molecule has 0 atom stereocenters. The van der Waals surface area contributed by atoms with Crippen molar-refractivity contribution in [2.45, 2.75) is 73.4 Å². The lowest BCUT2D eigenvalue weighted by Crippen LogP contribution is -2.36. The summed E-state index contributed by atoms with van der Waals surface area (Å²) in [5.74, 6) is 1.28. The molecule has 2 aliphatic heterocycles. The van der Waals surface area contributed by atoms with Crippen LogP contribution in [-0.4, -0.2) is 135 Å². The number of anilines is 2. The molecule has 17 heteroatoms. The Hall–Kier alpha value is -5.75. The Morgan fingerprint density at radius 1 is 0.924 bits per heavy atom. The lowest BCUT2D eigenvalue weighted by molar-refractivity contribution is -0.133. The van der Waals surface area contributed by atoms with Gasteiger partial charge in [-0.05, 0) is 60.9 Å². The molecule has 0 saturated heterocycles. The van der Waals surface area contributed by atoms with Crippen molar-refractivity contribution >= 4 is 35.2 Å². The molecule has 0 aliphatic carbocycles. The number of nitrogens with one attached hydrogen (secondary N) is 3. The maximum Gasteiger partial charge on any atom is 0.256 e. The van der Waals surface area contributed by atoms with Crippen LogP contribution in [0.3, 0.4) is 0 Å². The average Bonchev–Trinajstić information content (AvgIpc) is 3.96. The van der Waals surface area contributed by atoms with Gasteiger partial charge in [-0.25, -0.2) is 15.0 Å². The van der Waals surface area contributed by atoms with Crippen LogP contribution in [0.1, 0.15) is 86.5 Å². The topological polar surface area (TPSA) is 186 Å². The zero-order valence-electron chi connectivity index (χ0n) is 40.0. The quantitative estimate of drug-likeness (QED) is 0.0824. The minimum Gasteiger partial charge on any atom is -0.379 e. The predicted octanol–water partition coefficient (Wildman–Crippen LogP) is 3.74.